The summed E-state index contributed by atoms with van der Waals surface area (Å²) >= 11 is 1.27. The van der Waals surface area contributed by atoms with Gasteiger partial charge in [0.25, 0.3) is 11.4 Å². The highest BCUT2D eigenvalue weighted by molar-refractivity contribution is 7.89. The molecule has 0 atom stereocenters. The van der Waals surface area contributed by atoms with E-state index in [0.29, 0.717) is 15.6 Å². The number of nitrogens with zero attached hydrogens (tertiary/aromatic N) is 4. The molecule has 3 rings (SSSR count). The van der Waals surface area contributed by atoms with Crippen LogP contribution in [-0.2, 0) is 16.6 Å². The number of benzene rings is 1. The van der Waals surface area contributed by atoms with Crippen molar-refractivity contribution < 1.29 is 18.3 Å². The first-order valence-electron chi connectivity index (χ1n) is 8.40. The summed E-state index contributed by atoms with van der Waals surface area (Å²) < 4.78 is 27.7. The van der Waals surface area contributed by atoms with E-state index in [9.17, 15) is 28.6 Å². The van der Waals surface area contributed by atoms with Gasteiger partial charge in [-0.05, 0) is 26.0 Å². The normalized spacial score (nSPS) is 11.4. The van der Waals surface area contributed by atoms with Crippen molar-refractivity contribution in [2.45, 2.75) is 25.3 Å². The van der Waals surface area contributed by atoms with Crippen molar-refractivity contribution in [3.8, 4) is 10.6 Å². The van der Waals surface area contributed by atoms with Gasteiger partial charge in [-0.25, -0.2) is 18.1 Å². The smallest absolute Gasteiger partial charge is 0.264 e. The molecule has 0 aliphatic heterocycles. The van der Waals surface area contributed by atoms with Crippen LogP contribution < -0.4 is 4.72 Å². The molecule has 0 aliphatic carbocycles. The number of hydrogen-bond donors (Lipinski definition) is 1. The van der Waals surface area contributed by atoms with Gasteiger partial charge >= 0.3 is 0 Å². The Morgan fingerprint density at radius 1 is 1.13 bits per heavy atom. The zero-order chi connectivity index (χ0) is 22.1. The van der Waals surface area contributed by atoms with Gasteiger partial charge < -0.3 is 0 Å². The van der Waals surface area contributed by atoms with Gasteiger partial charge in [-0.3, -0.25) is 25.2 Å². The number of pyridine rings is 1. The Balaban J connectivity index is 1.90. The second-order valence-corrected chi connectivity index (χ2v) is 9.05. The fraction of sp³-hybridized carbons (Fsp3) is 0.176. The fourth-order valence-corrected chi connectivity index (χ4v) is 4.76. The highest BCUT2D eigenvalue weighted by Crippen LogP contribution is 2.32. The number of thiazole rings is 1. The molecule has 30 heavy (non-hydrogen) atoms. The lowest BCUT2D eigenvalue weighted by atomic mass is 10.1. The molecular weight excluding hydrogens is 434 g/mol. The molecule has 0 unspecified atom stereocenters. The van der Waals surface area contributed by atoms with Crippen LogP contribution in [0.5, 0.6) is 0 Å². The molecule has 2 aromatic heterocycles. The second-order valence-electron chi connectivity index (χ2n) is 6.19. The predicted octanol–water partition coefficient (Wildman–Crippen LogP) is 3.12. The van der Waals surface area contributed by atoms with Crippen molar-refractivity contribution in [1.29, 1.82) is 0 Å². The number of sulfonamides is 1. The van der Waals surface area contributed by atoms with Gasteiger partial charge in [-0.2, -0.15) is 0 Å². The SMILES string of the molecule is Cc1nc(-c2cccnc2)sc1CNS(=O)(=O)c1cc([N+](=O)[O-])c(C)c([N+](=O)[O-])c1. The molecule has 13 heteroatoms. The topological polar surface area (TPSA) is 158 Å². The van der Waals surface area contributed by atoms with Crippen LogP contribution in [0.3, 0.4) is 0 Å². The average Bonchev–Trinajstić information content (AvgIpc) is 3.07. The average molecular weight is 449 g/mol. The van der Waals surface area contributed by atoms with Crippen molar-refractivity contribution in [2.75, 3.05) is 0 Å². The van der Waals surface area contributed by atoms with Crippen molar-refractivity contribution >= 4 is 32.7 Å². The lowest BCUT2D eigenvalue weighted by Crippen LogP contribution is -2.23. The molecule has 0 fully saturated rings. The first-order valence-corrected chi connectivity index (χ1v) is 10.7. The van der Waals surface area contributed by atoms with Crippen LogP contribution in [0.4, 0.5) is 11.4 Å². The van der Waals surface area contributed by atoms with Crippen LogP contribution in [0, 0.1) is 34.1 Å². The number of nitro benzene ring substituents is 2. The molecular formula is C17H15N5O6S2. The molecule has 1 aromatic carbocycles. The zero-order valence-corrected chi connectivity index (χ0v) is 17.4. The Labute approximate surface area is 174 Å². The third-order valence-corrected chi connectivity index (χ3v) is 6.84. The van der Waals surface area contributed by atoms with Crippen molar-refractivity contribution in [3.05, 3.63) is 73.0 Å². The number of aromatic nitrogens is 2. The van der Waals surface area contributed by atoms with Gasteiger partial charge in [-0.15, -0.1) is 11.3 Å². The maximum Gasteiger partial charge on any atom is 0.280 e. The molecule has 156 valence electrons. The van der Waals surface area contributed by atoms with Gasteiger partial charge in [0.15, 0.2) is 0 Å². The van der Waals surface area contributed by atoms with E-state index in [2.05, 4.69) is 14.7 Å². The maximum atomic E-state index is 12.7. The van der Waals surface area contributed by atoms with Gasteiger partial charge in [0.05, 0.1) is 20.4 Å². The van der Waals surface area contributed by atoms with Crippen molar-refractivity contribution in [3.63, 3.8) is 0 Å². The largest absolute Gasteiger partial charge is 0.280 e. The van der Waals surface area contributed by atoms with E-state index in [1.807, 2.05) is 6.07 Å². The lowest BCUT2D eigenvalue weighted by molar-refractivity contribution is -0.395. The summed E-state index contributed by atoms with van der Waals surface area (Å²) in [6.45, 7) is 2.80. The summed E-state index contributed by atoms with van der Waals surface area (Å²) in [5.41, 5.74) is -0.106. The summed E-state index contributed by atoms with van der Waals surface area (Å²) in [4.78, 5) is 29.2. The molecule has 3 aromatic rings. The van der Waals surface area contributed by atoms with E-state index in [1.165, 1.54) is 18.3 Å². The van der Waals surface area contributed by atoms with E-state index >= 15 is 0 Å². The van der Waals surface area contributed by atoms with Crippen LogP contribution in [0.25, 0.3) is 10.6 Å². The Bertz CT molecular complexity index is 1210. The summed E-state index contributed by atoms with van der Waals surface area (Å²) in [5.74, 6) is 0. The fourth-order valence-electron chi connectivity index (χ4n) is 2.64. The van der Waals surface area contributed by atoms with Crippen LogP contribution in [-0.4, -0.2) is 28.2 Å². The molecule has 2 heterocycles. The minimum Gasteiger partial charge on any atom is -0.264 e. The minimum atomic E-state index is -4.25. The molecule has 1 N–H and O–H groups in total. The van der Waals surface area contributed by atoms with Gasteiger partial charge in [0.1, 0.15) is 10.6 Å². The van der Waals surface area contributed by atoms with E-state index in [1.54, 1.807) is 25.4 Å². The van der Waals surface area contributed by atoms with Gasteiger partial charge in [0, 0.05) is 41.5 Å². The van der Waals surface area contributed by atoms with E-state index < -0.39 is 36.1 Å². The van der Waals surface area contributed by atoms with Crippen LogP contribution in [0.15, 0.2) is 41.6 Å². The molecule has 0 saturated carbocycles. The molecule has 11 nitrogen and oxygen atoms in total. The maximum absolute atomic E-state index is 12.7. The number of nitrogens with one attached hydrogen (secondary N) is 1. The summed E-state index contributed by atoms with van der Waals surface area (Å²) in [5, 5.41) is 23.0. The molecule has 0 saturated heterocycles. The van der Waals surface area contributed by atoms with E-state index in [-0.39, 0.29) is 12.1 Å². The summed E-state index contributed by atoms with van der Waals surface area (Å²) in [6, 6.07) is 5.20. The predicted molar refractivity (Wildman–Crippen MR) is 109 cm³/mol. The summed E-state index contributed by atoms with van der Waals surface area (Å²) in [7, 11) is -4.25. The lowest BCUT2D eigenvalue weighted by Gasteiger charge is -2.07. The molecule has 0 amide bonds. The summed E-state index contributed by atoms with van der Waals surface area (Å²) in [6.07, 6.45) is 3.26. The Kier molecular flexibility index (Phi) is 5.87. The quantitative estimate of drug-likeness (QED) is 0.425. The van der Waals surface area contributed by atoms with Crippen LogP contribution in [0.2, 0.25) is 0 Å². The van der Waals surface area contributed by atoms with Crippen LogP contribution in [0.1, 0.15) is 16.1 Å². The van der Waals surface area contributed by atoms with Gasteiger partial charge in [-0.1, -0.05) is 0 Å². The number of rotatable bonds is 7. The number of aryl methyl sites for hydroxylation is 1. The Hall–Kier alpha value is -3.29. The molecule has 0 aliphatic rings. The molecule has 0 bridgehead atoms. The van der Waals surface area contributed by atoms with Crippen molar-refractivity contribution in [2.24, 2.45) is 0 Å². The monoisotopic (exact) mass is 449 g/mol. The van der Waals surface area contributed by atoms with E-state index in [4.69, 9.17) is 0 Å². The number of hydrogen-bond acceptors (Lipinski definition) is 9. The zero-order valence-electron chi connectivity index (χ0n) is 15.7. The second kappa shape index (κ2) is 8.22. The van der Waals surface area contributed by atoms with E-state index in [0.717, 1.165) is 17.7 Å². The Morgan fingerprint density at radius 2 is 1.77 bits per heavy atom. The first kappa shape index (κ1) is 21.4. The van der Waals surface area contributed by atoms with Gasteiger partial charge in [0.2, 0.25) is 10.0 Å². The van der Waals surface area contributed by atoms with Crippen molar-refractivity contribution in [1.82, 2.24) is 14.7 Å². The highest BCUT2D eigenvalue weighted by atomic mass is 32.2. The molecule has 0 spiro atoms. The van der Waals surface area contributed by atoms with Crippen LogP contribution >= 0.6 is 11.3 Å². The standard InChI is InChI=1S/C17H15N5O6S2/c1-10-14(21(23)24)6-13(7-15(10)22(25)26)30(27,28)19-9-16-11(2)20-17(29-16)12-4-3-5-18-8-12/h3-8,19H,9H2,1-2H3. The third-order valence-electron chi connectivity index (χ3n) is 4.25. The Morgan fingerprint density at radius 3 is 2.30 bits per heavy atom. The number of nitro groups is 2. The highest BCUT2D eigenvalue weighted by Gasteiger charge is 2.28. The molecule has 0 radical (unpaired) electrons. The minimum absolute atomic E-state index is 0.123. The third kappa shape index (κ3) is 4.32. The first-order chi connectivity index (χ1) is 14.1.